The summed E-state index contributed by atoms with van der Waals surface area (Å²) in [6.07, 6.45) is 5.63. The van der Waals surface area contributed by atoms with Crippen LogP contribution in [0.15, 0.2) is 41.6 Å². The second-order valence-electron chi connectivity index (χ2n) is 7.59. The Labute approximate surface area is 184 Å². The summed E-state index contributed by atoms with van der Waals surface area (Å²) in [7, 11) is 3.23. The van der Waals surface area contributed by atoms with Crippen molar-refractivity contribution in [3.8, 4) is 22.9 Å². The first-order valence-corrected chi connectivity index (χ1v) is 11.3. The predicted octanol–water partition coefficient (Wildman–Crippen LogP) is 6.04. The highest BCUT2D eigenvalue weighted by Crippen LogP contribution is 2.38. The lowest BCUT2D eigenvalue weighted by Crippen LogP contribution is -2.15. The zero-order valence-electron chi connectivity index (χ0n) is 17.6. The highest BCUT2D eigenvalue weighted by molar-refractivity contribution is 7.98. The molecule has 0 amide bonds. The van der Waals surface area contributed by atoms with Gasteiger partial charge in [-0.2, -0.15) is 0 Å². The highest BCUT2D eigenvalue weighted by atomic mass is 32.2. The Morgan fingerprint density at radius 3 is 2.32 bits per heavy atom. The van der Waals surface area contributed by atoms with Crippen LogP contribution >= 0.6 is 11.8 Å². The average molecular weight is 446 g/mol. The van der Waals surface area contributed by atoms with Crippen molar-refractivity contribution in [1.29, 1.82) is 0 Å². The molecule has 4 rings (SSSR count). The first kappa shape index (κ1) is 21.6. The van der Waals surface area contributed by atoms with Gasteiger partial charge in [0.15, 0.2) is 11.0 Å². The fraction of sp³-hybridized carbons (Fsp3) is 0.391. The third kappa shape index (κ3) is 4.84. The van der Waals surface area contributed by atoms with Gasteiger partial charge >= 0.3 is 0 Å². The molecule has 1 heterocycles. The molecule has 1 fully saturated rings. The molecule has 31 heavy (non-hydrogen) atoms. The minimum absolute atomic E-state index is 0.275. The van der Waals surface area contributed by atoms with Gasteiger partial charge in [-0.05, 0) is 36.6 Å². The maximum Gasteiger partial charge on any atom is 0.192 e. The van der Waals surface area contributed by atoms with Crippen LogP contribution in [0, 0.1) is 11.6 Å². The van der Waals surface area contributed by atoms with Crippen molar-refractivity contribution in [3.05, 3.63) is 53.6 Å². The van der Waals surface area contributed by atoms with E-state index in [0.717, 1.165) is 48.3 Å². The molecule has 0 unspecified atom stereocenters. The molecule has 0 spiro atoms. The van der Waals surface area contributed by atoms with Crippen molar-refractivity contribution in [2.45, 2.75) is 49.1 Å². The van der Waals surface area contributed by atoms with Crippen molar-refractivity contribution < 1.29 is 18.3 Å². The Bertz CT molecular complexity index is 1030. The van der Waals surface area contributed by atoms with Gasteiger partial charge in [-0.3, -0.25) is 4.57 Å². The van der Waals surface area contributed by atoms with E-state index >= 15 is 0 Å². The van der Waals surface area contributed by atoms with E-state index in [1.807, 2.05) is 18.2 Å². The van der Waals surface area contributed by atoms with Crippen LogP contribution in [-0.2, 0) is 5.75 Å². The summed E-state index contributed by atoms with van der Waals surface area (Å²) in [5.74, 6) is 1.31. The lowest BCUT2D eigenvalue weighted by Gasteiger charge is -2.25. The summed E-state index contributed by atoms with van der Waals surface area (Å²) in [4.78, 5) is 0. The van der Waals surface area contributed by atoms with Crippen molar-refractivity contribution in [2.75, 3.05) is 14.2 Å². The Morgan fingerprint density at radius 1 is 0.968 bits per heavy atom. The molecule has 1 aliphatic carbocycles. The molecule has 164 valence electrons. The standard InChI is InChI=1S/C23H25F2N3O2S/c1-29-19-10-16(11-20(13-19)30-2)22-26-27-23(28(22)18-6-4-3-5-7-18)31-14-15-8-9-17(24)12-21(15)25/h8-13,18H,3-7,14H2,1-2H3. The zero-order chi connectivity index (χ0) is 21.8. The monoisotopic (exact) mass is 445 g/mol. The summed E-state index contributed by atoms with van der Waals surface area (Å²) >= 11 is 1.41. The van der Waals surface area contributed by atoms with Gasteiger partial charge in [0.2, 0.25) is 0 Å². The van der Waals surface area contributed by atoms with Crippen LogP contribution in [0.25, 0.3) is 11.4 Å². The van der Waals surface area contributed by atoms with E-state index in [2.05, 4.69) is 14.8 Å². The third-order valence-corrected chi connectivity index (χ3v) is 6.58. The SMILES string of the molecule is COc1cc(OC)cc(-c2nnc(SCc3ccc(F)cc3F)n2C2CCCCC2)c1. The molecular formula is C23H25F2N3O2S. The first-order valence-electron chi connectivity index (χ1n) is 10.3. The van der Waals surface area contributed by atoms with Crippen LogP contribution in [0.4, 0.5) is 8.78 Å². The van der Waals surface area contributed by atoms with Gasteiger partial charge in [-0.15, -0.1) is 10.2 Å². The first-order chi connectivity index (χ1) is 15.1. The Balaban J connectivity index is 1.70. The van der Waals surface area contributed by atoms with Crippen molar-refractivity contribution >= 4 is 11.8 Å². The summed E-state index contributed by atoms with van der Waals surface area (Å²) in [5.41, 5.74) is 1.29. The van der Waals surface area contributed by atoms with E-state index in [1.165, 1.54) is 30.3 Å². The molecule has 0 N–H and O–H groups in total. The van der Waals surface area contributed by atoms with Gasteiger partial charge in [-0.1, -0.05) is 37.1 Å². The van der Waals surface area contributed by atoms with E-state index in [4.69, 9.17) is 9.47 Å². The molecule has 5 nitrogen and oxygen atoms in total. The quantitative estimate of drug-likeness (QED) is 0.415. The Morgan fingerprint density at radius 2 is 1.68 bits per heavy atom. The van der Waals surface area contributed by atoms with Crippen LogP contribution in [-0.4, -0.2) is 29.0 Å². The number of nitrogens with zero attached hydrogens (tertiary/aromatic N) is 3. The third-order valence-electron chi connectivity index (χ3n) is 5.59. The summed E-state index contributed by atoms with van der Waals surface area (Å²) in [5, 5.41) is 9.66. The number of benzene rings is 2. The Hall–Kier alpha value is -2.61. The second kappa shape index (κ2) is 9.68. The van der Waals surface area contributed by atoms with E-state index in [9.17, 15) is 8.78 Å². The molecule has 0 saturated heterocycles. The molecule has 0 bridgehead atoms. The molecule has 8 heteroatoms. The molecule has 0 aliphatic heterocycles. The second-order valence-corrected chi connectivity index (χ2v) is 8.54. The van der Waals surface area contributed by atoms with Gasteiger partial charge < -0.3 is 9.47 Å². The minimum atomic E-state index is -0.578. The molecule has 0 atom stereocenters. The van der Waals surface area contributed by atoms with E-state index in [1.54, 1.807) is 14.2 Å². The topological polar surface area (TPSA) is 49.2 Å². The van der Waals surface area contributed by atoms with Crippen LogP contribution in [0.2, 0.25) is 0 Å². The minimum Gasteiger partial charge on any atom is -0.497 e. The number of rotatable bonds is 7. The average Bonchev–Trinajstić information content (AvgIpc) is 3.22. The number of thioether (sulfide) groups is 1. The molecule has 0 radical (unpaired) electrons. The molecule has 1 aliphatic rings. The molecule has 2 aromatic carbocycles. The summed E-state index contributed by atoms with van der Waals surface area (Å²) < 4.78 is 40.4. The van der Waals surface area contributed by atoms with Crippen molar-refractivity contribution in [3.63, 3.8) is 0 Å². The fourth-order valence-corrected chi connectivity index (χ4v) is 4.95. The summed E-state index contributed by atoms with van der Waals surface area (Å²) in [6, 6.07) is 9.59. The van der Waals surface area contributed by atoms with Crippen LogP contribution in [0.5, 0.6) is 11.5 Å². The van der Waals surface area contributed by atoms with Crippen molar-refractivity contribution in [1.82, 2.24) is 14.8 Å². The fourth-order valence-electron chi connectivity index (χ4n) is 3.96. The number of hydrogen-bond acceptors (Lipinski definition) is 5. The van der Waals surface area contributed by atoms with Crippen LogP contribution < -0.4 is 9.47 Å². The molecule has 1 saturated carbocycles. The van der Waals surface area contributed by atoms with E-state index in [-0.39, 0.29) is 6.04 Å². The van der Waals surface area contributed by atoms with Gasteiger partial charge in [0, 0.05) is 29.5 Å². The number of ether oxygens (including phenoxy) is 2. The lowest BCUT2D eigenvalue weighted by atomic mass is 9.95. The number of aromatic nitrogens is 3. The van der Waals surface area contributed by atoms with E-state index < -0.39 is 11.6 Å². The maximum absolute atomic E-state index is 14.1. The number of halogens is 2. The zero-order valence-corrected chi connectivity index (χ0v) is 18.4. The largest absolute Gasteiger partial charge is 0.497 e. The predicted molar refractivity (Wildman–Crippen MR) is 117 cm³/mol. The summed E-state index contributed by atoms with van der Waals surface area (Å²) in [6.45, 7) is 0. The maximum atomic E-state index is 14.1. The van der Waals surface area contributed by atoms with Gasteiger partial charge in [0.25, 0.3) is 0 Å². The van der Waals surface area contributed by atoms with Crippen LogP contribution in [0.3, 0.4) is 0 Å². The lowest BCUT2D eigenvalue weighted by molar-refractivity contribution is 0.339. The van der Waals surface area contributed by atoms with Crippen LogP contribution in [0.1, 0.15) is 43.7 Å². The highest BCUT2D eigenvalue weighted by Gasteiger charge is 2.24. The normalized spacial score (nSPS) is 14.6. The molecule has 1 aromatic heterocycles. The molecule has 3 aromatic rings. The number of methoxy groups -OCH3 is 2. The molecular weight excluding hydrogens is 420 g/mol. The number of hydrogen-bond donors (Lipinski definition) is 0. The van der Waals surface area contributed by atoms with Gasteiger partial charge in [0.05, 0.1) is 14.2 Å². The Kier molecular flexibility index (Phi) is 6.75. The van der Waals surface area contributed by atoms with Crippen molar-refractivity contribution in [2.24, 2.45) is 0 Å². The van der Waals surface area contributed by atoms with Gasteiger partial charge in [0.1, 0.15) is 23.1 Å². The van der Waals surface area contributed by atoms with E-state index in [0.29, 0.717) is 22.8 Å². The smallest absolute Gasteiger partial charge is 0.192 e. The van der Waals surface area contributed by atoms with Gasteiger partial charge in [-0.25, -0.2) is 8.78 Å².